The van der Waals surface area contributed by atoms with Crippen LogP contribution in [0.3, 0.4) is 0 Å². The van der Waals surface area contributed by atoms with Crippen LogP contribution in [0.5, 0.6) is 0 Å². The molecule has 0 saturated heterocycles. The molecule has 0 atom stereocenters. The first-order valence-corrected chi connectivity index (χ1v) is 6.84. The number of nitrogens with two attached hydrogens (primary N) is 1. The van der Waals surface area contributed by atoms with Gasteiger partial charge in [0, 0.05) is 13.1 Å². The van der Waals surface area contributed by atoms with Crippen molar-refractivity contribution in [3.63, 3.8) is 0 Å². The van der Waals surface area contributed by atoms with Gasteiger partial charge in [-0.15, -0.1) is 0 Å². The second kappa shape index (κ2) is 5.66. The van der Waals surface area contributed by atoms with Crippen LogP contribution in [0.2, 0.25) is 0 Å². The van der Waals surface area contributed by atoms with E-state index in [-0.39, 0.29) is 0 Å². The average molecular weight is 262 g/mol. The summed E-state index contributed by atoms with van der Waals surface area (Å²) < 4.78 is 0. The summed E-state index contributed by atoms with van der Waals surface area (Å²) >= 11 is 0. The molecule has 1 aliphatic rings. The Morgan fingerprint density at radius 2 is 1.60 bits per heavy atom. The molecule has 2 nitrogen and oxygen atoms in total. The smallest absolute Gasteiger partial charge is 0.0992 e. The third-order valence-electron chi connectivity index (χ3n) is 3.53. The van der Waals surface area contributed by atoms with Gasteiger partial charge in [0.25, 0.3) is 0 Å². The van der Waals surface area contributed by atoms with Gasteiger partial charge in [-0.1, -0.05) is 66.7 Å². The third kappa shape index (κ3) is 2.75. The first-order chi connectivity index (χ1) is 9.83. The summed E-state index contributed by atoms with van der Waals surface area (Å²) in [4.78, 5) is 2.16. The van der Waals surface area contributed by atoms with E-state index >= 15 is 0 Å². The molecular weight excluding hydrogens is 244 g/mol. The summed E-state index contributed by atoms with van der Waals surface area (Å²) in [6, 6.07) is 19.1. The third-order valence-corrected chi connectivity index (χ3v) is 3.53. The van der Waals surface area contributed by atoms with Gasteiger partial charge in [-0.25, -0.2) is 0 Å². The van der Waals surface area contributed by atoms with E-state index < -0.39 is 0 Å². The van der Waals surface area contributed by atoms with Crippen molar-refractivity contribution in [1.29, 1.82) is 0 Å². The van der Waals surface area contributed by atoms with Crippen LogP contribution in [-0.2, 0) is 6.54 Å². The Morgan fingerprint density at radius 3 is 2.30 bits per heavy atom. The molecule has 0 aliphatic carbocycles. The standard InChI is InChI=1S/C18H18N2/c19-18-8-4-5-13-20(18)14-15-9-11-17(12-10-15)16-6-2-1-3-7-16/h1-12H,13-14,19H2. The topological polar surface area (TPSA) is 29.3 Å². The van der Waals surface area contributed by atoms with Crippen molar-refractivity contribution in [2.75, 3.05) is 6.54 Å². The second-order valence-electron chi connectivity index (χ2n) is 4.96. The summed E-state index contributed by atoms with van der Waals surface area (Å²) in [5.74, 6) is 0.833. The highest BCUT2D eigenvalue weighted by Gasteiger charge is 2.08. The van der Waals surface area contributed by atoms with Gasteiger partial charge in [-0.2, -0.15) is 0 Å². The maximum atomic E-state index is 5.98. The van der Waals surface area contributed by atoms with Crippen LogP contribution in [-0.4, -0.2) is 11.4 Å². The van der Waals surface area contributed by atoms with Crippen molar-refractivity contribution in [3.05, 3.63) is 84.2 Å². The molecule has 0 amide bonds. The maximum Gasteiger partial charge on any atom is 0.0992 e. The van der Waals surface area contributed by atoms with Crippen molar-refractivity contribution in [3.8, 4) is 11.1 Å². The summed E-state index contributed by atoms with van der Waals surface area (Å²) in [5, 5.41) is 0. The predicted molar refractivity (Wildman–Crippen MR) is 83.7 cm³/mol. The summed E-state index contributed by atoms with van der Waals surface area (Å²) in [6.07, 6.45) is 6.07. The van der Waals surface area contributed by atoms with Crippen LogP contribution in [0.4, 0.5) is 0 Å². The number of nitrogens with zero attached hydrogens (tertiary/aromatic N) is 1. The lowest BCUT2D eigenvalue weighted by Crippen LogP contribution is -2.29. The highest BCUT2D eigenvalue weighted by Crippen LogP contribution is 2.20. The Labute approximate surface area is 119 Å². The van der Waals surface area contributed by atoms with Crippen molar-refractivity contribution >= 4 is 0 Å². The quantitative estimate of drug-likeness (QED) is 0.917. The van der Waals surface area contributed by atoms with Crippen LogP contribution in [0, 0.1) is 0 Å². The van der Waals surface area contributed by atoms with Crippen LogP contribution >= 0.6 is 0 Å². The minimum Gasteiger partial charge on any atom is -0.385 e. The van der Waals surface area contributed by atoms with E-state index in [0.29, 0.717) is 0 Å². The molecule has 2 N–H and O–H groups in total. The average Bonchev–Trinajstić information content (AvgIpc) is 2.51. The van der Waals surface area contributed by atoms with Gasteiger partial charge in [-0.3, -0.25) is 0 Å². The summed E-state index contributed by atoms with van der Waals surface area (Å²) in [6.45, 7) is 1.73. The van der Waals surface area contributed by atoms with Crippen LogP contribution in [0.15, 0.2) is 78.6 Å². The molecule has 20 heavy (non-hydrogen) atoms. The van der Waals surface area contributed by atoms with Gasteiger partial charge in [-0.05, 0) is 22.8 Å². The minimum absolute atomic E-state index is 0.833. The zero-order valence-electron chi connectivity index (χ0n) is 11.4. The molecule has 0 unspecified atom stereocenters. The van der Waals surface area contributed by atoms with Gasteiger partial charge in [0.2, 0.25) is 0 Å². The molecule has 0 aromatic heterocycles. The van der Waals surface area contributed by atoms with Crippen LogP contribution < -0.4 is 5.73 Å². The normalized spacial score (nSPS) is 14.2. The zero-order chi connectivity index (χ0) is 13.8. The largest absolute Gasteiger partial charge is 0.385 e. The molecule has 0 radical (unpaired) electrons. The molecule has 1 heterocycles. The molecule has 0 bridgehead atoms. The number of hydrogen-bond acceptors (Lipinski definition) is 2. The maximum absolute atomic E-state index is 5.98. The van der Waals surface area contributed by atoms with E-state index in [2.05, 4.69) is 59.5 Å². The Hall–Kier alpha value is -2.48. The highest BCUT2D eigenvalue weighted by atomic mass is 15.2. The Bertz CT molecular complexity index is 624. The monoisotopic (exact) mass is 262 g/mol. The Kier molecular flexibility index (Phi) is 3.55. The van der Waals surface area contributed by atoms with Crippen molar-refractivity contribution in [1.82, 2.24) is 4.90 Å². The van der Waals surface area contributed by atoms with Crippen molar-refractivity contribution in [2.45, 2.75) is 6.54 Å². The fourth-order valence-corrected chi connectivity index (χ4v) is 2.37. The van der Waals surface area contributed by atoms with Crippen molar-refractivity contribution in [2.24, 2.45) is 5.73 Å². The molecule has 0 fully saturated rings. The molecule has 1 aliphatic heterocycles. The Morgan fingerprint density at radius 1 is 0.900 bits per heavy atom. The molecular formula is C18H18N2. The molecule has 100 valence electrons. The Balaban J connectivity index is 1.74. The number of benzene rings is 2. The van der Waals surface area contributed by atoms with E-state index in [0.717, 1.165) is 18.9 Å². The van der Waals surface area contributed by atoms with Gasteiger partial charge in [0.15, 0.2) is 0 Å². The summed E-state index contributed by atoms with van der Waals surface area (Å²) in [7, 11) is 0. The molecule has 2 heteroatoms. The first-order valence-electron chi connectivity index (χ1n) is 6.84. The van der Waals surface area contributed by atoms with Crippen LogP contribution in [0.25, 0.3) is 11.1 Å². The van der Waals surface area contributed by atoms with Gasteiger partial charge >= 0.3 is 0 Å². The molecule has 0 saturated carbocycles. The SMILES string of the molecule is NC1=CC=CCN1Cc1ccc(-c2ccccc2)cc1. The van der Waals surface area contributed by atoms with Gasteiger partial charge in [0.05, 0.1) is 5.82 Å². The first kappa shape index (κ1) is 12.5. The molecule has 2 aromatic carbocycles. The van der Waals surface area contributed by atoms with E-state index in [9.17, 15) is 0 Å². The van der Waals surface area contributed by atoms with Gasteiger partial charge < -0.3 is 10.6 Å². The fourth-order valence-electron chi connectivity index (χ4n) is 2.37. The molecule has 2 aromatic rings. The number of hydrogen-bond donors (Lipinski definition) is 1. The fraction of sp³-hybridized carbons (Fsp3) is 0.111. The van der Waals surface area contributed by atoms with Gasteiger partial charge in [0.1, 0.15) is 0 Å². The number of allylic oxidation sites excluding steroid dienone is 2. The lowest BCUT2D eigenvalue weighted by Gasteiger charge is -2.25. The number of rotatable bonds is 3. The minimum atomic E-state index is 0.833. The molecule has 0 spiro atoms. The molecule has 3 rings (SSSR count). The zero-order valence-corrected chi connectivity index (χ0v) is 11.4. The lowest BCUT2D eigenvalue weighted by atomic mass is 10.0. The second-order valence-corrected chi connectivity index (χ2v) is 4.96. The lowest BCUT2D eigenvalue weighted by molar-refractivity contribution is 0.364. The van der Waals surface area contributed by atoms with Crippen LogP contribution in [0.1, 0.15) is 5.56 Å². The van der Waals surface area contributed by atoms with E-state index in [4.69, 9.17) is 5.73 Å². The van der Waals surface area contributed by atoms with E-state index in [1.54, 1.807) is 0 Å². The van der Waals surface area contributed by atoms with Crippen molar-refractivity contribution < 1.29 is 0 Å². The highest BCUT2D eigenvalue weighted by molar-refractivity contribution is 5.63. The predicted octanol–water partition coefficient (Wildman–Crippen LogP) is 3.53. The summed E-state index contributed by atoms with van der Waals surface area (Å²) in [5.41, 5.74) is 9.75. The van der Waals surface area contributed by atoms with E-state index in [1.807, 2.05) is 18.2 Å². The van der Waals surface area contributed by atoms with E-state index in [1.165, 1.54) is 16.7 Å².